The second kappa shape index (κ2) is 11.2. The van der Waals surface area contributed by atoms with E-state index in [1.54, 1.807) is 22.7 Å². The first-order valence-electron chi connectivity index (χ1n) is 12.1. The molecule has 0 saturated heterocycles. The Hall–Kier alpha value is -4.66. The molecule has 0 saturated carbocycles. The Kier molecular flexibility index (Phi) is 6.97. The fourth-order valence-electron chi connectivity index (χ4n) is 3.78. The van der Waals surface area contributed by atoms with Crippen LogP contribution in [0.2, 0.25) is 0 Å². The average molecular weight is 533 g/mol. The third-order valence-corrected chi connectivity index (χ3v) is 7.66. The maximum absolute atomic E-state index is 4.98. The van der Waals surface area contributed by atoms with Crippen LogP contribution < -0.4 is 21.3 Å². The molecule has 0 unspecified atom stereocenters. The molecule has 4 aromatic carbocycles. The van der Waals surface area contributed by atoms with E-state index in [0.717, 1.165) is 54.4 Å². The minimum Gasteiger partial charge on any atom is -0.344 e. The van der Waals surface area contributed by atoms with Gasteiger partial charge in [-0.05, 0) is 48.5 Å². The molecular weight excluding hydrogens is 509 g/mol. The smallest absolute Gasteiger partial charge is 0.166 e. The first kappa shape index (κ1) is 23.7. The van der Waals surface area contributed by atoms with Crippen LogP contribution in [0.3, 0.4) is 0 Å². The Bertz CT molecular complexity index is 1360. The number of anilines is 8. The number of hydrogen-bond acceptors (Lipinski definition) is 8. The lowest BCUT2D eigenvalue weighted by Gasteiger charge is -2.08. The Labute approximate surface area is 229 Å². The predicted octanol–water partition coefficient (Wildman–Crippen LogP) is 9.24. The maximum Gasteiger partial charge on any atom is 0.166 e. The molecule has 2 heterocycles. The zero-order chi connectivity index (χ0) is 25.6. The van der Waals surface area contributed by atoms with Gasteiger partial charge in [0.25, 0.3) is 0 Å². The molecule has 38 heavy (non-hydrogen) atoms. The van der Waals surface area contributed by atoms with E-state index in [-0.39, 0.29) is 0 Å². The lowest BCUT2D eigenvalue weighted by Crippen LogP contribution is -1.95. The predicted molar refractivity (Wildman–Crippen MR) is 162 cm³/mol. The van der Waals surface area contributed by atoms with Crippen molar-refractivity contribution in [2.75, 3.05) is 21.3 Å². The van der Waals surface area contributed by atoms with Gasteiger partial charge in [0.1, 0.15) is 10.0 Å². The van der Waals surface area contributed by atoms with Gasteiger partial charge in [0, 0.05) is 22.7 Å². The van der Waals surface area contributed by atoms with Crippen LogP contribution in [0.5, 0.6) is 0 Å². The Balaban J connectivity index is 1.38. The number of benzene rings is 4. The summed E-state index contributed by atoms with van der Waals surface area (Å²) in [5.41, 5.74) is 3.93. The van der Waals surface area contributed by atoms with E-state index in [1.165, 1.54) is 0 Å². The molecule has 4 N–H and O–H groups in total. The molecule has 0 aliphatic carbocycles. The van der Waals surface area contributed by atoms with Crippen LogP contribution in [0.4, 0.5) is 44.4 Å². The zero-order valence-corrected chi connectivity index (χ0v) is 21.9. The third-order valence-electron chi connectivity index (χ3n) is 5.57. The van der Waals surface area contributed by atoms with Gasteiger partial charge in [-0.3, -0.25) is 0 Å². The van der Waals surface area contributed by atoms with E-state index < -0.39 is 0 Å². The first-order valence-corrected chi connectivity index (χ1v) is 13.7. The third kappa shape index (κ3) is 5.67. The maximum atomic E-state index is 4.98. The van der Waals surface area contributed by atoms with E-state index in [4.69, 9.17) is 9.97 Å². The van der Waals surface area contributed by atoms with Crippen molar-refractivity contribution < 1.29 is 0 Å². The van der Waals surface area contributed by atoms with Gasteiger partial charge in [0.05, 0.1) is 0 Å². The number of thiazole rings is 2. The van der Waals surface area contributed by atoms with Crippen molar-refractivity contribution in [2.45, 2.75) is 0 Å². The van der Waals surface area contributed by atoms with Crippen molar-refractivity contribution in [1.82, 2.24) is 9.97 Å². The normalized spacial score (nSPS) is 10.6. The van der Waals surface area contributed by atoms with Crippen LogP contribution in [-0.4, -0.2) is 9.97 Å². The number of hydrogen-bond donors (Lipinski definition) is 4. The lowest BCUT2D eigenvalue weighted by atomic mass is 10.3. The summed E-state index contributed by atoms with van der Waals surface area (Å²) >= 11 is 3.14. The van der Waals surface area contributed by atoms with Crippen LogP contribution in [0.15, 0.2) is 121 Å². The van der Waals surface area contributed by atoms with Crippen molar-refractivity contribution in [3.8, 4) is 10.0 Å². The number of para-hydroxylation sites is 4. The number of aromatic nitrogens is 2. The van der Waals surface area contributed by atoms with Crippen LogP contribution in [0.1, 0.15) is 0 Å². The highest BCUT2D eigenvalue weighted by atomic mass is 32.1. The van der Waals surface area contributed by atoms with Gasteiger partial charge in [-0.15, -0.1) is 0 Å². The monoisotopic (exact) mass is 532 g/mol. The first-order chi connectivity index (χ1) is 18.8. The van der Waals surface area contributed by atoms with Crippen LogP contribution >= 0.6 is 22.7 Å². The molecule has 186 valence electrons. The molecule has 0 amide bonds. The van der Waals surface area contributed by atoms with E-state index in [1.807, 2.05) is 121 Å². The molecule has 6 nitrogen and oxygen atoms in total. The van der Waals surface area contributed by atoms with Gasteiger partial charge in [-0.25, -0.2) is 9.97 Å². The van der Waals surface area contributed by atoms with Gasteiger partial charge in [0.15, 0.2) is 21.7 Å². The fourth-order valence-corrected chi connectivity index (χ4v) is 5.68. The summed E-state index contributed by atoms with van der Waals surface area (Å²) in [4.78, 5) is 9.96. The van der Waals surface area contributed by atoms with Gasteiger partial charge in [-0.2, -0.15) is 0 Å². The van der Waals surface area contributed by atoms with Gasteiger partial charge in [-0.1, -0.05) is 95.5 Å². The van der Waals surface area contributed by atoms with Gasteiger partial charge in [0.2, 0.25) is 0 Å². The second-order valence-corrected chi connectivity index (χ2v) is 10.4. The van der Waals surface area contributed by atoms with Crippen LogP contribution in [0, 0.1) is 0 Å². The summed E-state index contributed by atoms with van der Waals surface area (Å²) < 4.78 is 0. The molecule has 8 heteroatoms. The van der Waals surface area contributed by atoms with Gasteiger partial charge < -0.3 is 21.3 Å². The van der Waals surface area contributed by atoms with Crippen molar-refractivity contribution in [3.05, 3.63) is 121 Å². The Morgan fingerprint density at radius 3 is 0.974 bits per heavy atom. The van der Waals surface area contributed by atoms with Gasteiger partial charge >= 0.3 is 0 Å². The molecule has 0 spiro atoms. The summed E-state index contributed by atoms with van der Waals surface area (Å²) in [5, 5.41) is 17.5. The summed E-state index contributed by atoms with van der Waals surface area (Å²) in [7, 11) is 0. The molecule has 0 atom stereocenters. The standard InChI is InChI=1S/C30H24N6S2/c1-5-13-21(14-6-1)31-25-27(33-23-17-9-3-10-18-23)37-29(35-25)30-36-26(32-22-15-7-2-8-16-22)28(38-30)34-24-19-11-4-12-20-24/h1-20,31-34H. The summed E-state index contributed by atoms with van der Waals surface area (Å²) in [6.45, 7) is 0. The highest BCUT2D eigenvalue weighted by Gasteiger charge is 2.19. The van der Waals surface area contributed by atoms with Crippen LogP contribution in [0.25, 0.3) is 10.0 Å². The van der Waals surface area contributed by atoms with Crippen molar-refractivity contribution >= 4 is 67.1 Å². The van der Waals surface area contributed by atoms with Crippen LogP contribution in [-0.2, 0) is 0 Å². The number of nitrogens with zero attached hydrogens (tertiary/aromatic N) is 2. The molecule has 0 bridgehead atoms. The summed E-state index contributed by atoms with van der Waals surface area (Å²) in [5.74, 6) is 1.51. The summed E-state index contributed by atoms with van der Waals surface area (Å²) in [6, 6.07) is 40.3. The molecule has 0 aliphatic heterocycles. The van der Waals surface area contributed by atoms with E-state index in [2.05, 4.69) is 21.3 Å². The SMILES string of the molecule is c1ccc(Nc2nc(-c3nc(Nc4ccccc4)c(Nc4ccccc4)s3)sc2Nc2ccccc2)cc1. The molecule has 0 fully saturated rings. The number of nitrogens with one attached hydrogen (secondary N) is 4. The quantitative estimate of drug-likeness (QED) is 0.149. The Morgan fingerprint density at radius 1 is 0.368 bits per heavy atom. The molecule has 6 aromatic rings. The molecular formula is C30H24N6S2. The second-order valence-electron chi connectivity index (χ2n) is 8.36. The highest BCUT2D eigenvalue weighted by molar-refractivity contribution is 7.25. The lowest BCUT2D eigenvalue weighted by molar-refractivity contribution is 1.33. The van der Waals surface area contributed by atoms with E-state index in [9.17, 15) is 0 Å². The van der Waals surface area contributed by atoms with E-state index in [0.29, 0.717) is 0 Å². The molecule has 6 rings (SSSR count). The molecule has 2 aromatic heterocycles. The number of rotatable bonds is 9. The topological polar surface area (TPSA) is 73.9 Å². The highest BCUT2D eigenvalue weighted by Crippen LogP contribution is 2.44. The minimum atomic E-state index is 0.755. The van der Waals surface area contributed by atoms with Crippen molar-refractivity contribution in [3.63, 3.8) is 0 Å². The van der Waals surface area contributed by atoms with Crippen molar-refractivity contribution in [2.24, 2.45) is 0 Å². The Morgan fingerprint density at radius 2 is 0.658 bits per heavy atom. The minimum absolute atomic E-state index is 0.755. The zero-order valence-electron chi connectivity index (χ0n) is 20.3. The largest absolute Gasteiger partial charge is 0.344 e. The van der Waals surface area contributed by atoms with Crippen molar-refractivity contribution in [1.29, 1.82) is 0 Å². The summed E-state index contributed by atoms with van der Waals surface area (Å²) in [6.07, 6.45) is 0. The van der Waals surface area contributed by atoms with E-state index >= 15 is 0 Å². The molecule has 0 aliphatic rings. The fraction of sp³-hybridized carbons (Fsp3) is 0. The molecule has 0 radical (unpaired) electrons. The average Bonchev–Trinajstić information content (AvgIpc) is 3.54.